The molecular weight excluding hydrogens is 321 g/mol. The van der Waals surface area contributed by atoms with E-state index in [0.717, 1.165) is 11.3 Å². The molecule has 3 aromatic rings. The van der Waals surface area contributed by atoms with E-state index in [1.165, 1.54) is 12.1 Å². The van der Waals surface area contributed by atoms with Gasteiger partial charge in [0.05, 0.1) is 5.92 Å². The summed E-state index contributed by atoms with van der Waals surface area (Å²) in [7, 11) is 0. The van der Waals surface area contributed by atoms with Gasteiger partial charge in [0.1, 0.15) is 5.82 Å². The van der Waals surface area contributed by atoms with Gasteiger partial charge in [-0.05, 0) is 36.8 Å². The number of amides is 1. The van der Waals surface area contributed by atoms with Crippen molar-refractivity contribution in [2.75, 3.05) is 11.4 Å². The number of halogens is 1. The summed E-state index contributed by atoms with van der Waals surface area (Å²) in [6.45, 7) is 2.48. The number of aromatic nitrogens is 2. The molecule has 1 aliphatic rings. The minimum atomic E-state index is -0.356. The van der Waals surface area contributed by atoms with Crippen LogP contribution in [-0.4, -0.2) is 22.6 Å². The lowest BCUT2D eigenvalue weighted by Crippen LogP contribution is -2.24. The maximum Gasteiger partial charge on any atom is 0.232 e. The van der Waals surface area contributed by atoms with Gasteiger partial charge in [0.15, 0.2) is 0 Å². The molecule has 4 rings (SSSR count). The summed E-state index contributed by atoms with van der Waals surface area (Å²) in [4.78, 5) is 18.5. The van der Waals surface area contributed by atoms with Crippen LogP contribution in [0.25, 0.3) is 11.4 Å². The standard InChI is InChI=1S/C19H16FN3O2/c1-12-4-2-7-16(8-12)23-11-14(10-17(23)24)19-21-18(22-25-19)13-5-3-6-15(20)9-13/h2-9,14H,10-11H2,1H3. The molecule has 0 aliphatic carbocycles. The van der Waals surface area contributed by atoms with E-state index in [9.17, 15) is 9.18 Å². The Morgan fingerprint density at radius 1 is 1.20 bits per heavy atom. The first kappa shape index (κ1) is 15.5. The fourth-order valence-electron chi connectivity index (χ4n) is 3.06. The third-order valence-electron chi connectivity index (χ3n) is 4.31. The Bertz CT molecular complexity index is 938. The van der Waals surface area contributed by atoms with Gasteiger partial charge in [0.2, 0.25) is 17.6 Å². The van der Waals surface area contributed by atoms with Crippen molar-refractivity contribution in [3.63, 3.8) is 0 Å². The Kier molecular flexibility index (Phi) is 3.80. The molecular formula is C19H16FN3O2. The Balaban J connectivity index is 1.57. The number of anilines is 1. The maximum atomic E-state index is 13.3. The van der Waals surface area contributed by atoms with Gasteiger partial charge in [0, 0.05) is 24.2 Å². The molecule has 0 spiro atoms. The molecule has 1 unspecified atom stereocenters. The van der Waals surface area contributed by atoms with Crippen molar-refractivity contribution in [1.29, 1.82) is 0 Å². The molecule has 1 atom stereocenters. The average Bonchev–Trinajstić information content (AvgIpc) is 3.21. The number of aryl methyl sites for hydroxylation is 1. The third kappa shape index (κ3) is 3.03. The van der Waals surface area contributed by atoms with E-state index in [2.05, 4.69) is 10.1 Å². The minimum Gasteiger partial charge on any atom is -0.339 e. The SMILES string of the molecule is Cc1cccc(N2CC(c3nc(-c4cccc(F)c4)no3)CC2=O)c1. The molecule has 2 aromatic carbocycles. The van der Waals surface area contributed by atoms with Crippen LogP contribution in [0, 0.1) is 12.7 Å². The lowest BCUT2D eigenvalue weighted by molar-refractivity contribution is -0.117. The summed E-state index contributed by atoms with van der Waals surface area (Å²) in [5.74, 6) is 0.244. The molecule has 1 fully saturated rings. The van der Waals surface area contributed by atoms with Gasteiger partial charge in [-0.3, -0.25) is 4.79 Å². The second kappa shape index (κ2) is 6.12. The molecule has 0 N–H and O–H groups in total. The van der Waals surface area contributed by atoms with Crippen LogP contribution >= 0.6 is 0 Å². The number of nitrogens with zero attached hydrogens (tertiary/aromatic N) is 3. The number of rotatable bonds is 3. The highest BCUT2D eigenvalue weighted by molar-refractivity contribution is 5.96. The van der Waals surface area contributed by atoms with E-state index in [4.69, 9.17) is 4.52 Å². The smallest absolute Gasteiger partial charge is 0.232 e. The number of hydrogen-bond donors (Lipinski definition) is 0. The summed E-state index contributed by atoms with van der Waals surface area (Å²) in [6, 6.07) is 13.8. The largest absolute Gasteiger partial charge is 0.339 e. The Hall–Kier alpha value is -3.02. The predicted octanol–water partition coefficient (Wildman–Crippen LogP) is 3.70. The lowest BCUT2D eigenvalue weighted by atomic mass is 10.1. The maximum absolute atomic E-state index is 13.3. The molecule has 0 radical (unpaired) electrons. The summed E-state index contributed by atoms with van der Waals surface area (Å²) in [5.41, 5.74) is 2.52. The van der Waals surface area contributed by atoms with Crippen molar-refractivity contribution >= 4 is 11.6 Å². The first-order chi connectivity index (χ1) is 12.1. The second-order valence-electron chi connectivity index (χ2n) is 6.21. The van der Waals surface area contributed by atoms with Crippen LogP contribution in [0.1, 0.15) is 23.8 Å². The van der Waals surface area contributed by atoms with Gasteiger partial charge in [0.25, 0.3) is 0 Å². The summed E-state index contributed by atoms with van der Waals surface area (Å²) < 4.78 is 18.7. The van der Waals surface area contributed by atoms with Crippen LogP contribution in [0.2, 0.25) is 0 Å². The van der Waals surface area contributed by atoms with Crippen molar-refractivity contribution in [2.45, 2.75) is 19.3 Å². The number of carbonyl (C=O) groups is 1. The number of benzene rings is 2. The molecule has 1 aliphatic heterocycles. The van der Waals surface area contributed by atoms with E-state index in [0.29, 0.717) is 30.2 Å². The van der Waals surface area contributed by atoms with Crippen molar-refractivity contribution < 1.29 is 13.7 Å². The van der Waals surface area contributed by atoms with E-state index in [1.807, 2.05) is 31.2 Å². The highest BCUT2D eigenvalue weighted by Crippen LogP contribution is 2.32. The molecule has 126 valence electrons. The van der Waals surface area contributed by atoms with Crippen molar-refractivity contribution in [3.05, 3.63) is 65.8 Å². The first-order valence-electron chi connectivity index (χ1n) is 8.07. The van der Waals surface area contributed by atoms with Crippen molar-refractivity contribution in [2.24, 2.45) is 0 Å². The van der Waals surface area contributed by atoms with Crippen molar-refractivity contribution in [3.8, 4) is 11.4 Å². The fraction of sp³-hybridized carbons (Fsp3) is 0.211. The van der Waals surface area contributed by atoms with Crippen LogP contribution in [0.3, 0.4) is 0 Å². The van der Waals surface area contributed by atoms with Gasteiger partial charge in [-0.2, -0.15) is 4.98 Å². The highest BCUT2D eigenvalue weighted by Gasteiger charge is 2.35. The quantitative estimate of drug-likeness (QED) is 0.731. The minimum absolute atomic E-state index is 0.0288. The van der Waals surface area contributed by atoms with Gasteiger partial charge < -0.3 is 9.42 Å². The van der Waals surface area contributed by atoms with Crippen LogP contribution in [-0.2, 0) is 4.79 Å². The van der Waals surface area contributed by atoms with E-state index >= 15 is 0 Å². The molecule has 2 heterocycles. The molecule has 6 heteroatoms. The summed E-state index contributed by atoms with van der Waals surface area (Å²) >= 11 is 0. The summed E-state index contributed by atoms with van der Waals surface area (Å²) in [5, 5.41) is 3.93. The summed E-state index contributed by atoms with van der Waals surface area (Å²) in [6.07, 6.45) is 0.318. The highest BCUT2D eigenvalue weighted by atomic mass is 19.1. The van der Waals surface area contributed by atoms with Crippen LogP contribution in [0.15, 0.2) is 53.1 Å². The average molecular weight is 337 g/mol. The zero-order valence-electron chi connectivity index (χ0n) is 13.6. The Morgan fingerprint density at radius 3 is 2.84 bits per heavy atom. The third-order valence-corrected chi connectivity index (χ3v) is 4.31. The monoisotopic (exact) mass is 337 g/mol. The van der Waals surface area contributed by atoms with Gasteiger partial charge in [-0.1, -0.05) is 29.4 Å². The van der Waals surface area contributed by atoms with Gasteiger partial charge >= 0.3 is 0 Å². The van der Waals surface area contributed by atoms with Crippen LogP contribution < -0.4 is 4.90 Å². The van der Waals surface area contributed by atoms with Crippen LogP contribution in [0.5, 0.6) is 0 Å². The lowest BCUT2D eigenvalue weighted by Gasteiger charge is -2.16. The molecule has 1 saturated heterocycles. The molecule has 5 nitrogen and oxygen atoms in total. The molecule has 0 saturated carbocycles. The fourth-order valence-corrected chi connectivity index (χ4v) is 3.06. The van der Waals surface area contributed by atoms with Crippen molar-refractivity contribution in [1.82, 2.24) is 10.1 Å². The molecule has 0 bridgehead atoms. The molecule has 25 heavy (non-hydrogen) atoms. The predicted molar refractivity (Wildman–Crippen MR) is 90.6 cm³/mol. The van der Waals surface area contributed by atoms with E-state index in [-0.39, 0.29) is 17.6 Å². The van der Waals surface area contributed by atoms with Gasteiger partial charge in [-0.15, -0.1) is 0 Å². The normalized spacial score (nSPS) is 17.3. The zero-order valence-corrected chi connectivity index (χ0v) is 13.6. The van der Waals surface area contributed by atoms with Gasteiger partial charge in [-0.25, -0.2) is 4.39 Å². The molecule has 1 aromatic heterocycles. The molecule has 1 amide bonds. The Labute approximate surface area is 144 Å². The number of hydrogen-bond acceptors (Lipinski definition) is 4. The Morgan fingerprint density at radius 2 is 2.04 bits per heavy atom. The second-order valence-corrected chi connectivity index (χ2v) is 6.21. The topological polar surface area (TPSA) is 59.2 Å². The van der Waals surface area contributed by atoms with E-state index < -0.39 is 0 Å². The first-order valence-corrected chi connectivity index (χ1v) is 8.07. The van der Waals surface area contributed by atoms with Crippen LogP contribution in [0.4, 0.5) is 10.1 Å². The van der Waals surface area contributed by atoms with E-state index in [1.54, 1.807) is 17.0 Å². The zero-order chi connectivity index (χ0) is 17.4. The number of carbonyl (C=O) groups excluding carboxylic acids is 1.